The van der Waals surface area contributed by atoms with Gasteiger partial charge in [0.2, 0.25) is 0 Å². The molecule has 0 radical (unpaired) electrons. The zero-order valence-electron chi connectivity index (χ0n) is 12.3. The topological polar surface area (TPSA) is 127 Å². The van der Waals surface area contributed by atoms with Crippen molar-refractivity contribution >= 4 is 51.9 Å². The van der Waals surface area contributed by atoms with E-state index in [4.69, 9.17) is 23.8 Å². The average Bonchev–Trinajstić information content (AvgIpc) is 2.54. The molecule has 0 saturated heterocycles. The van der Waals surface area contributed by atoms with E-state index < -0.39 is 21.4 Å². The van der Waals surface area contributed by atoms with E-state index in [2.05, 4.69) is 10.6 Å². The molecular weight excluding hydrogens is 372 g/mol. The molecule has 0 bridgehead atoms. The van der Waals surface area contributed by atoms with Crippen LogP contribution in [-0.4, -0.2) is 20.9 Å². The minimum atomic E-state index is -0.710. The number of anilines is 1. The van der Waals surface area contributed by atoms with Gasteiger partial charge in [0.05, 0.1) is 9.85 Å². The van der Waals surface area contributed by atoms with E-state index in [1.165, 1.54) is 36.4 Å². The van der Waals surface area contributed by atoms with Crippen molar-refractivity contribution in [1.82, 2.24) is 5.32 Å². The number of carbonyl (C=O) groups excluding carboxylic acids is 1. The Bertz CT molecular complexity index is 889. The monoisotopic (exact) mass is 380 g/mol. The molecule has 25 heavy (non-hydrogen) atoms. The van der Waals surface area contributed by atoms with Crippen LogP contribution in [0, 0.1) is 20.2 Å². The number of nitrogens with one attached hydrogen (secondary N) is 2. The Balaban J connectivity index is 2.09. The highest BCUT2D eigenvalue weighted by atomic mass is 35.5. The van der Waals surface area contributed by atoms with E-state index in [-0.39, 0.29) is 21.4 Å². The summed E-state index contributed by atoms with van der Waals surface area (Å²) in [5.74, 6) is -0.692. The number of amides is 1. The minimum absolute atomic E-state index is 0.0145. The van der Waals surface area contributed by atoms with Crippen LogP contribution in [0.25, 0.3) is 0 Å². The lowest BCUT2D eigenvalue weighted by Gasteiger charge is -2.09. The predicted octanol–water partition coefficient (Wildman–Crippen LogP) is 3.28. The van der Waals surface area contributed by atoms with E-state index in [0.29, 0.717) is 5.69 Å². The van der Waals surface area contributed by atoms with Crippen LogP contribution in [0.5, 0.6) is 0 Å². The number of nitro groups is 2. The molecule has 0 aliphatic carbocycles. The SMILES string of the molecule is O=C(NC(=S)Nc1cccc([N+](=O)[O-])c1)c1ccc(Cl)c([N+](=O)[O-])c1. The molecule has 0 aliphatic heterocycles. The van der Waals surface area contributed by atoms with Gasteiger partial charge in [-0.1, -0.05) is 17.7 Å². The minimum Gasteiger partial charge on any atom is -0.332 e. The molecular formula is C14H9ClN4O5S. The first-order valence-corrected chi connectivity index (χ1v) is 7.37. The Morgan fingerprint density at radius 2 is 1.80 bits per heavy atom. The van der Waals surface area contributed by atoms with Gasteiger partial charge in [-0.2, -0.15) is 0 Å². The van der Waals surface area contributed by atoms with E-state index in [9.17, 15) is 25.0 Å². The fourth-order valence-electron chi connectivity index (χ4n) is 1.83. The summed E-state index contributed by atoms with van der Waals surface area (Å²) in [4.78, 5) is 32.4. The Morgan fingerprint density at radius 1 is 1.08 bits per heavy atom. The molecule has 2 rings (SSSR count). The molecule has 9 nitrogen and oxygen atoms in total. The van der Waals surface area contributed by atoms with Crippen LogP contribution in [0.4, 0.5) is 17.1 Å². The van der Waals surface area contributed by atoms with E-state index in [0.717, 1.165) is 6.07 Å². The molecule has 2 aromatic carbocycles. The second-order valence-electron chi connectivity index (χ2n) is 4.64. The molecule has 0 fully saturated rings. The van der Waals surface area contributed by atoms with Crippen molar-refractivity contribution in [2.45, 2.75) is 0 Å². The van der Waals surface area contributed by atoms with E-state index >= 15 is 0 Å². The van der Waals surface area contributed by atoms with Gasteiger partial charge in [-0.15, -0.1) is 0 Å². The predicted molar refractivity (Wildman–Crippen MR) is 94.9 cm³/mol. The summed E-state index contributed by atoms with van der Waals surface area (Å²) < 4.78 is 0. The van der Waals surface area contributed by atoms with Gasteiger partial charge in [0.15, 0.2) is 5.11 Å². The lowest BCUT2D eigenvalue weighted by atomic mass is 10.2. The van der Waals surface area contributed by atoms with Gasteiger partial charge in [0.1, 0.15) is 5.02 Å². The van der Waals surface area contributed by atoms with Gasteiger partial charge in [-0.3, -0.25) is 30.3 Å². The molecule has 0 unspecified atom stereocenters. The number of carbonyl (C=O) groups is 1. The van der Waals surface area contributed by atoms with Gasteiger partial charge in [0, 0.05) is 29.4 Å². The number of nitrogens with zero attached hydrogens (tertiary/aromatic N) is 2. The highest BCUT2D eigenvalue weighted by Gasteiger charge is 2.17. The van der Waals surface area contributed by atoms with Gasteiger partial charge >= 0.3 is 0 Å². The average molecular weight is 381 g/mol. The Hall–Kier alpha value is -3.11. The van der Waals surface area contributed by atoms with Gasteiger partial charge in [-0.05, 0) is 30.4 Å². The molecule has 11 heteroatoms. The van der Waals surface area contributed by atoms with Gasteiger partial charge in [0.25, 0.3) is 17.3 Å². The molecule has 0 heterocycles. The van der Waals surface area contributed by atoms with Crippen LogP contribution in [0.3, 0.4) is 0 Å². The highest BCUT2D eigenvalue weighted by molar-refractivity contribution is 7.80. The maximum absolute atomic E-state index is 12.1. The second kappa shape index (κ2) is 7.64. The third-order valence-corrected chi connectivity index (χ3v) is 3.47. The Labute approximate surface area is 150 Å². The number of thiocarbonyl (C=S) groups is 1. The van der Waals surface area contributed by atoms with Gasteiger partial charge in [-0.25, -0.2) is 0 Å². The van der Waals surface area contributed by atoms with Crippen LogP contribution >= 0.6 is 23.8 Å². The highest BCUT2D eigenvalue weighted by Crippen LogP contribution is 2.25. The Morgan fingerprint density at radius 3 is 2.44 bits per heavy atom. The normalized spacial score (nSPS) is 9.96. The third-order valence-electron chi connectivity index (χ3n) is 2.95. The summed E-state index contributed by atoms with van der Waals surface area (Å²) in [7, 11) is 0. The van der Waals surface area contributed by atoms with E-state index in [1.54, 1.807) is 0 Å². The fourth-order valence-corrected chi connectivity index (χ4v) is 2.23. The summed E-state index contributed by atoms with van der Waals surface area (Å²) >= 11 is 10.6. The lowest BCUT2D eigenvalue weighted by molar-refractivity contribution is -0.384. The molecule has 2 N–H and O–H groups in total. The van der Waals surface area contributed by atoms with Crippen molar-refractivity contribution in [2.24, 2.45) is 0 Å². The molecule has 128 valence electrons. The lowest BCUT2D eigenvalue weighted by Crippen LogP contribution is -2.34. The number of benzene rings is 2. The summed E-state index contributed by atoms with van der Waals surface area (Å²) in [5.41, 5.74) is -0.264. The zero-order chi connectivity index (χ0) is 18.6. The quantitative estimate of drug-likeness (QED) is 0.473. The molecule has 0 aromatic heterocycles. The smallest absolute Gasteiger partial charge is 0.288 e. The van der Waals surface area contributed by atoms with Crippen molar-refractivity contribution < 1.29 is 14.6 Å². The number of hydrogen-bond acceptors (Lipinski definition) is 6. The number of non-ortho nitro benzene ring substituents is 1. The van der Waals surface area contributed by atoms with Crippen molar-refractivity contribution in [1.29, 1.82) is 0 Å². The van der Waals surface area contributed by atoms with Crippen molar-refractivity contribution in [3.8, 4) is 0 Å². The molecule has 0 saturated carbocycles. The Kier molecular flexibility index (Phi) is 5.57. The van der Waals surface area contributed by atoms with Crippen LogP contribution in [0.1, 0.15) is 10.4 Å². The number of hydrogen-bond donors (Lipinski definition) is 2. The summed E-state index contributed by atoms with van der Waals surface area (Å²) in [6.45, 7) is 0. The first-order chi connectivity index (χ1) is 11.8. The zero-order valence-corrected chi connectivity index (χ0v) is 13.8. The second-order valence-corrected chi connectivity index (χ2v) is 5.45. The molecule has 1 amide bonds. The van der Waals surface area contributed by atoms with E-state index in [1.807, 2.05) is 0 Å². The maximum Gasteiger partial charge on any atom is 0.288 e. The van der Waals surface area contributed by atoms with Crippen molar-refractivity contribution in [3.05, 3.63) is 73.3 Å². The van der Waals surface area contributed by atoms with Crippen molar-refractivity contribution in [3.63, 3.8) is 0 Å². The summed E-state index contributed by atoms with van der Waals surface area (Å²) in [5, 5.41) is 26.3. The number of rotatable bonds is 4. The van der Waals surface area contributed by atoms with Crippen LogP contribution in [0.2, 0.25) is 5.02 Å². The largest absolute Gasteiger partial charge is 0.332 e. The molecule has 2 aromatic rings. The van der Waals surface area contributed by atoms with Crippen LogP contribution in [-0.2, 0) is 0 Å². The third kappa shape index (κ3) is 4.68. The number of nitro benzene ring substituents is 2. The molecule has 0 aliphatic rings. The van der Waals surface area contributed by atoms with Crippen molar-refractivity contribution in [2.75, 3.05) is 5.32 Å². The summed E-state index contributed by atoms with van der Waals surface area (Å²) in [6.07, 6.45) is 0. The standard InChI is InChI=1S/C14H9ClN4O5S/c15-11-5-4-8(6-12(11)19(23)24)13(20)17-14(25)16-9-2-1-3-10(7-9)18(21)22/h1-7H,(H2,16,17,20,25). The summed E-state index contributed by atoms with van der Waals surface area (Å²) in [6, 6.07) is 9.08. The van der Waals surface area contributed by atoms with Crippen LogP contribution in [0.15, 0.2) is 42.5 Å². The fraction of sp³-hybridized carbons (Fsp3) is 0. The molecule has 0 spiro atoms. The van der Waals surface area contributed by atoms with Gasteiger partial charge < -0.3 is 5.32 Å². The van der Waals surface area contributed by atoms with Crippen LogP contribution < -0.4 is 10.6 Å². The maximum atomic E-state index is 12.1. The first kappa shape index (κ1) is 18.2. The molecule has 0 atom stereocenters. The number of halogens is 1. The first-order valence-electron chi connectivity index (χ1n) is 6.58.